The van der Waals surface area contributed by atoms with Gasteiger partial charge in [-0.25, -0.2) is 8.42 Å². The Morgan fingerprint density at radius 1 is 1.62 bits per heavy atom. The van der Waals surface area contributed by atoms with Crippen molar-refractivity contribution in [2.45, 2.75) is 5.44 Å². The van der Waals surface area contributed by atoms with Crippen LogP contribution in [0.3, 0.4) is 0 Å². The van der Waals surface area contributed by atoms with Gasteiger partial charge in [-0.2, -0.15) is 0 Å². The van der Waals surface area contributed by atoms with Gasteiger partial charge in [0.1, 0.15) is 0 Å². The molecule has 0 bridgehead atoms. The van der Waals surface area contributed by atoms with E-state index in [0.29, 0.717) is 0 Å². The Balaban J connectivity index is 2.96. The minimum atomic E-state index is -3.18. The van der Waals surface area contributed by atoms with Gasteiger partial charge >= 0.3 is 0 Å². The second-order valence-corrected chi connectivity index (χ2v) is 3.79. The summed E-state index contributed by atoms with van der Waals surface area (Å²) in [6.45, 7) is 0. The Bertz CT molecular complexity index is 201. The Kier molecular flexibility index (Phi) is 1.13. The molecule has 1 aliphatic heterocycles. The molecule has 0 aromatic carbocycles. The van der Waals surface area contributed by atoms with Crippen molar-refractivity contribution < 1.29 is 13.5 Å². The summed E-state index contributed by atoms with van der Waals surface area (Å²) in [4.78, 5) is 0. The van der Waals surface area contributed by atoms with Crippen LogP contribution in [0.25, 0.3) is 0 Å². The van der Waals surface area contributed by atoms with Crippen LogP contribution in [0.2, 0.25) is 0 Å². The summed E-state index contributed by atoms with van der Waals surface area (Å²) in [7, 11) is -3.18. The third-order valence-electron chi connectivity index (χ3n) is 0.997. The van der Waals surface area contributed by atoms with E-state index in [2.05, 4.69) is 0 Å². The first-order valence-electron chi connectivity index (χ1n) is 2.19. The maximum absolute atomic E-state index is 10.4. The number of aliphatic hydroxyl groups excluding tert-OH is 1. The lowest BCUT2D eigenvalue weighted by molar-refractivity contribution is 0.297. The van der Waals surface area contributed by atoms with Crippen LogP contribution < -0.4 is 0 Å². The van der Waals surface area contributed by atoms with Gasteiger partial charge in [-0.3, -0.25) is 0 Å². The fourth-order valence-electron chi connectivity index (χ4n) is 0.524. The average Bonchev–Trinajstić information content (AvgIpc) is 1.86. The number of rotatable bonds is 0. The minimum absolute atomic E-state index is 0.0197. The first-order valence-corrected chi connectivity index (χ1v) is 3.91. The third-order valence-corrected chi connectivity index (χ3v) is 2.55. The normalized spacial score (nSPS) is 33.4. The van der Waals surface area contributed by atoms with E-state index in [9.17, 15) is 8.42 Å². The molecule has 8 heavy (non-hydrogen) atoms. The maximum atomic E-state index is 10.4. The lowest BCUT2D eigenvalue weighted by Crippen LogP contribution is -2.14. The molecule has 1 aliphatic rings. The highest BCUT2D eigenvalue weighted by Gasteiger charge is 2.22. The second kappa shape index (κ2) is 1.56. The van der Waals surface area contributed by atoms with Crippen molar-refractivity contribution in [3.63, 3.8) is 0 Å². The summed E-state index contributed by atoms with van der Waals surface area (Å²) in [5.74, 6) is -0.0197. The van der Waals surface area contributed by atoms with Gasteiger partial charge in [0.15, 0.2) is 15.3 Å². The van der Waals surface area contributed by atoms with Gasteiger partial charge in [-0.05, 0) is 6.08 Å². The fraction of sp³-hybridized carbons (Fsp3) is 0.500. The molecular formula is C4H6O3S. The van der Waals surface area contributed by atoms with Crippen LogP contribution >= 0.6 is 0 Å². The van der Waals surface area contributed by atoms with Crippen molar-refractivity contribution in [3.05, 3.63) is 12.2 Å². The minimum Gasteiger partial charge on any atom is -0.374 e. The number of sulfone groups is 1. The molecule has 0 spiro atoms. The largest absolute Gasteiger partial charge is 0.374 e. The number of aliphatic hydroxyl groups is 1. The van der Waals surface area contributed by atoms with Crippen molar-refractivity contribution in [1.82, 2.24) is 0 Å². The molecule has 0 aromatic rings. The Hall–Kier alpha value is -0.350. The zero-order chi connectivity index (χ0) is 6.20. The van der Waals surface area contributed by atoms with Gasteiger partial charge in [0.25, 0.3) is 0 Å². The van der Waals surface area contributed by atoms with E-state index < -0.39 is 15.3 Å². The van der Waals surface area contributed by atoms with E-state index in [-0.39, 0.29) is 5.75 Å². The SMILES string of the molecule is O=S1(=O)CC=CC1O. The van der Waals surface area contributed by atoms with Crippen molar-refractivity contribution in [3.8, 4) is 0 Å². The van der Waals surface area contributed by atoms with Gasteiger partial charge in [-0.1, -0.05) is 6.08 Å². The number of hydrogen-bond donors (Lipinski definition) is 1. The highest BCUT2D eigenvalue weighted by atomic mass is 32.2. The standard InChI is InChI=1S/C4H6O3S/c5-4-2-1-3-8(4,6)7/h1-2,4-5H,3H2. The van der Waals surface area contributed by atoms with E-state index in [4.69, 9.17) is 5.11 Å². The summed E-state index contributed by atoms with van der Waals surface area (Å²) in [5.41, 5.74) is -1.25. The predicted octanol–water partition coefficient (Wildman–Crippen LogP) is -0.711. The lowest BCUT2D eigenvalue weighted by Gasteiger charge is -1.95. The summed E-state index contributed by atoms with van der Waals surface area (Å²) >= 11 is 0. The molecule has 0 saturated heterocycles. The van der Waals surface area contributed by atoms with E-state index in [1.807, 2.05) is 0 Å². The van der Waals surface area contributed by atoms with Gasteiger partial charge in [0.2, 0.25) is 0 Å². The summed E-state index contributed by atoms with van der Waals surface area (Å²) in [6, 6.07) is 0. The summed E-state index contributed by atoms with van der Waals surface area (Å²) in [6.07, 6.45) is 2.72. The Morgan fingerprint density at radius 2 is 2.25 bits per heavy atom. The maximum Gasteiger partial charge on any atom is 0.184 e. The zero-order valence-corrected chi connectivity index (χ0v) is 4.93. The first kappa shape index (κ1) is 5.78. The molecular weight excluding hydrogens is 128 g/mol. The van der Waals surface area contributed by atoms with Crippen molar-refractivity contribution in [2.24, 2.45) is 0 Å². The van der Waals surface area contributed by atoms with Crippen molar-refractivity contribution in [1.29, 1.82) is 0 Å². The van der Waals surface area contributed by atoms with Crippen LogP contribution in [-0.2, 0) is 9.84 Å². The molecule has 0 aromatic heterocycles. The molecule has 1 rings (SSSR count). The Morgan fingerprint density at radius 3 is 2.38 bits per heavy atom. The molecule has 1 unspecified atom stereocenters. The topological polar surface area (TPSA) is 54.4 Å². The molecule has 46 valence electrons. The van der Waals surface area contributed by atoms with Gasteiger partial charge < -0.3 is 5.11 Å². The quantitative estimate of drug-likeness (QED) is 0.445. The van der Waals surface area contributed by atoms with Crippen molar-refractivity contribution in [2.75, 3.05) is 5.75 Å². The Labute approximate surface area is 47.6 Å². The van der Waals surface area contributed by atoms with Crippen LogP contribution in [0.4, 0.5) is 0 Å². The van der Waals surface area contributed by atoms with Gasteiger partial charge in [0.05, 0.1) is 5.75 Å². The fourth-order valence-corrected chi connectivity index (χ4v) is 1.45. The molecule has 0 saturated carbocycles. The molecule has 1 atom stereocenters. The third kappa shape index (κ3) is 0.763. The van der Waals surface area contributed by atoms with Gasteiger partial charge in [-0.15, -0.1) is 0 Å². The molecule has 0 amide bonds. The van der Waals surface area contributed by atoms with E-state index in [1.54, 1.807) is 0 Å². The highest BCUT2D eigenvalue weighted by molar-refractivity contribution is 7.92. The smallest absolute Gasteiger partial charge is 0.184 e. The monoisotopic (exact) mass is 134 g/mol. The first-order chi connectivity index (χ1) is 3.63. The van der Waals surface area contributed by atoms with Gasteiger partial charge in [0, 0.05) is 0 Å². The van der Waals surface area contributed by atoms with Crippen LogP contribution in [0, 0.1) is 0 Å². The molecule has 4 heteroatoms. The van der Waals surface area contributed by atoms with Crippen LogP contribution in [0.1, 0.15) is 0 Å². The zero-order valence-electron chi connectivity index (χ0n) is 4.11. The summed E-state index contributed by atoms with van der Waals surface area (Å²) < 4.78 is 20.9. The molecule has 1 heterocycles. The second-order valence-electron chi connectivity index (χ2n) is 1.65. The molecule has 3 nitrogen and oxygen atoms in total. The van der Waals surface area contributed by atoms with Crippen LogP contribution in [-0.4, -0.2) is 24.7 Å². The molecule has 0 aliphatic carbocycles. The molecule has 0 fully saturated rings. The molecule has 0 radical (unpaired) electrons. The average molecular weight is 134 g/mol. The summed E-state index contributed by atoms with van der Waals surface area (Å²) in [5, 5.41) is 8.58. The van der Waals surface area contributed by atoms with Crippen LogP contribution in [0.5, 0.6) is 0 Å². The highest BCUT2D eigenvalue weighted by Crippen LogP contribution is 2.07. The van der Waals surface area contributed by atoms with Crippen LogP contribution in [0.15, 0.2) is 12.2 Å². The molecule has 1 N–H and O–H groups in total. The number of hydrogen-bond acceptors (Lipinski definition) is 3. The van der Waals surface area contributed by atoms with Crippen molar-refractivity contribution >= 4 is 9.84 Å². The van der Waals surface area contributed by atoms with E-state index >= 15 is 0 Å². The lowest BCUT2D eigenvalue weighted by atomic mass is 10.6. The van der Waals surface area contributed by atoms with E-state index in [0.717, 1.165) is 0 Å². The van der Waals surface area contributed by atoms with E-state index in [1.165, 1.54) is 12.2 Å². The predicted molar refractivity (Wildman–Crippen MR) is 28.9 cm³/mol.